The van der Waals surface area contributed by atoms with Gasteiger partial charge in [0, 0.05) is 30.4 Å². The number of aldehydes is 1. The van der Waals surface area contributed by atoms with E-state index in [0.29, 0.717) is 30.5 Å². The van der Waals surface area contributed by atoms with E-state index < -0.39 is 0 Å². The Balaban J connectivity index is 2.25. The van der Waals surface area contributed by atoms with Gasteiger partial charge in [-0.1, -0.05) is 13.2 Å². The van der Waals surface area contributed by atoms with E-state index in [-0.39, 0.29) is 24.4 Å². The molecule has 0 spiro atoms. The van der Waals surface area contributed by atoms with Crippen LogP contribution < -0.4 is 10.6 Å². The van der Waals surface area contributed by atoms with Crippen LogP contribution in [0.5, 0.6) is 0 Å². The van der Waals surface area contributed by atoms with Gasteiger partial charge in [0.1, 0.15) is 12.8 Å². The van der Waals surface area contributed by atoms with E-state index in [1.807, 2.05) is 0 Å². The highest BCUT2D eigenvalue weighted by Gasteiger charge is 2.20. The summed E-state index contributed by atoms with van der Waals surface area (Å²) in [7, 11) is 2.48. The Morgan fingerprint density at radius 2 is 2.19 bits per heavy atom. The molecular formula is C14H20N3O3P. The Morgan fingerprint density at radius 1 is 1.48 bits per heavy atom. The highest BCUT2D eigenvalue weighted by molar-refractivity contribution is 7.16. The van der Waals surface area contributed by atoms with E-state index in [2.05, 4.69) is 33.0 Å². The molecule has 2 N–H and O–H groups in total. The van der Waals surface area contributed by atoms with E-state index in [4.69, 9.17) is 0 Å². The molecule has 1 heterocycles. The average Bonchev–Trinajstić information content (AvgIpc) is 2.76. The molecule has 0 aliphatic carbocycles. The summed E-state index contributed by atoms with van der Waals surface area (Å²) in [6.07, 6.45) is 4.87. The van der Waals surface area contributed by atoms with Crippen molar-refractivity contribution in [2.24, 2.45) is 0 Å². The molecule has 0 bridgehead atoms. The molecule has 1 aliphatic heterocycles. The summed E-state index contributed by atoms with van der Waals surface area (Å²) in [5.74, 6) is -0.505. The van der Waals surface area contributed by atoms with Gasteiger partial charge in [-0.3, -0.25) is 9.59 Å². The molecule has 2 unspecified atom stereocenters. The third kappa shape index (κ3) is 5.52. The summed E-state index contributed by atoms with van der Waals surface area (Å²) in [4.78, 5) is 35.1. The fourth-order valence-electron chi connectivity index (χ4n) is 1.70. The molecular weight excluding hydrogens is 289 g/mol. The third-order valence-corrected chi connectivity index (χ3v) is 3.40. The maximum absolute atomic E-state index is 11.7. The number of carbonyl (C=O) groups is 3. The van der Waals surface area contributed by atoms with Crippen LogP contribution in [0.2, 0.25) is 0 Å². The fourth-order valence-corrected chi connectivity index (χ4v) is 1.93. The predicted molar refractivity (Wildman–Crippen MR) is 84.3 cm³/mol. The molecule has 0 fully saturated rings. The van der Waals surface area contributed by atoms with Gasteiger partial charge in [0.25, 0.3) is 5.91 Å². The van der Waals surface area contributed by atoms with Crippen LogP contribution in [0.25, 0.3) is 0 Å². The fraction of sp³-hybridized carbons (Fsp3) is 0.357. The number of carbonyl (C=O) groups excluding carboxylic acids is 3. The normalized spacial score (nSPS) is 15.0. The van der Waals surface area contributed by atoms with Crippen molar-refractivity contribution in [2.45, 2.75) is 12.5 Å². The summed E-state index contributed by atoms with van der Waals surface area (Å²) in [5, 5.41) is 5.65. The van der Waals surface area contributed by atoms with Crippen LogP contribution in [0.1, 0.15) is 6.42 Å². The molecule has 1 rings (SSSR count). The van der Waals surface area contributed by atoms with Gasteiger partial charge in [0.05, 0.1) is 6.04 Å². The van der Waals surface area contributed by atoms with E-state index in [0.717, 1.165) is 6.29 Å². The SMILES string of the molecule is C=C(CCNC(=O)CN1C(=C)C=CC1=O)NC(C=O)CP. The highest BCUT2D eigenvalue weighted by Crippen LogP contribution is 2.11. The zero-order chi connectivity index (χ0) is 15.8. The number of nitrogens with zero attached hydrogens (tertiary/aromatic N) is 1. The van der Waals surface area contributed by atoms with E-state index in [1.54, 1.807) is 6.08 Å². The number of nitrogens with one attached hydrogen (secondary N) is 2. The van der Waals surface area contributed by atoms with Crippen LogP contribution >= 0.6 is 9.24 Å². The standard InChI is InChI=1S/C14H20N3O3P/c1-10(16-12(8-18)9-21)5-6-15-13(19)7-17-11(2)3-4-14(17)20/h3-4,8,12,16H,1-2,5-7,9,21H2,(H,15,19). The molecule has 2 atom stereocenters. The maximum atomic E-state index is 11.7. The van der Waals surface area contributed by atoms with Crippen LogP contribution in [0, 0.1) is 0 Å². The van der Waals surface area contributed by atoms with Crippen molar-refractivity contribution in [3.63, 3.8) is 0 Å². The lowest BCUT2D eigenvalue weighted by Crippen LogP contribution is -2.38. The van der Waals surface area contributed by atoms with Crippen molar-refractivity contribution < 1.29 is 14.4 Å². The smallest absolute Gasteiger partial charge is 0.251 e. The lowest BCUT2D eigenvalue weighted by Gasteiger charge is -2.17. The largest absolute Gasteiger partial charge is 0.379 e. The molecule has 0 saturated heterocycles. The van der Waals surface area contributed by atoms with Crippen LogP contribution in [0.15, 0.2) is 36.7 Å². The van der Waals surface area contributed by atoms with Crippen LogP contribution in [0.3, 0.4) is 0 Å². The minimum absolute atomic E-state index is 0.0485. The van der Waals surface area contributed by atoms with Gasteiger partial charge in [-0.05, 0) is 12.2 Å². The third-order valence-electron chi connectivity index (χ3n) is 2.89. The van der Waals surface area contributed by atoms with Gasteiger partial charge in [0.2, 0.25) is 5.91 Å². The monoisotopic (exact) mass is 309 g/mol. The molecule has 0 aromatic rings. The zero-order valence-corrected chi connectivity index (χ0v) is 13.0. The topological polar surface area (TPSA) is 78.5 Å². The summed E-state index contributed by atoms with van der Waals surface area (Å²) >= 11 is 0. The lowest BCUT2D eigenvalue weighted by molar-refractivity contribution is -0.129. The summed E-state index contributed by atoms with van der Waals surface area (Å²) in [5.41, 5.74) is 1.19. The second kappa shape index (κ2) is 8.37. The molecule has 0 radical (unpaired) electrons. The number of hydrogen-bond acceptors (Lipinski definition) is 4. The van der Waals surface area contributed by atoms with Crippen molar-refractivity contribution in [1.29, 1.82) is 0 Å². The summed E-state index contributed by atoms with van der Waals surface area (Å²) in [6, 6.07) is -0.283. The van der Waals surface area contributed by atoms with Crippen LogP contribution in [0.4, 0.5) is 0 Å². The van der Waals surface area contributed by atoms with Gasteiger partial charge in [-0.15, -0.1) is 9.24 Å². The second-order valence-corrected chi connectivity index (χ2v) is 5.05. The Labute approximate surface area is 126 Å². The summed E-state index contributed by atoms with van der Waals surface area (Å²) in [6.45, 7) is 7.81. The highest BCUT2D eigenvalue weighted by atomic mass is 31.0. The van der Waals surface area contributed by atoms with Crippen molar-refractivity contribution in [3.8, 4) is 0 Å². The number of hydrogen-bond donors (Lipinski definition) is 2. The molecule has 7 heteroatoms. The Hall–Kier alpha value is -1.94. The number of amides is 2. The molecule has 2 amide bonds. The van der Waals surface area contributed by atoms with Gasteiger partial charge < -0.3 is 20.3 Å². The van der Waals surface area contributed by atoms with Crippen molar-refractivity contribution in [3.05, 3.63) is 36.7 Å². The van der Waals surface area contributed by atoms with E-state index >= 15 is 0 Å². The minimum Gasteiger partial charge on any atom is -0.379 e. The Kier molecular flexibility index (Phi) is 6.82. The van der Waals surface area contributed by atoms with Crippen LogP contribution in [-0.2, 0) is 14.4 Å². The summed E-state index contributed by atoms with van der Waals surface area (Å²) < 4.78 is 0. The van der Waals surface area contributed by atoms with Crippen molar-refractivity contribution in [1.82, 2.24) is 15.5 Å². The average molecular weight is 309 g/mol. The lowest BCUT2D eigenvalue weighted by atomic mass is 10.3. The first kappa shape index (κ1) is 17.1. The molecule has 114 valence electrons. The number of allylic oxidation sites excluding steroid dienone is 1. The first-order valence-corrected chi connectivity index (χ1v) is 7.34. The Bertz CT molecular complexity index is 470. The molecule has 6 nitrogen and oxygen atoms in total. The van der Waals surface area contributed by atoms with Gasteiger partial charge in [-0.2, -0.15) is 0 Å². The maximum Gasteiger partial charge on any atom is 0.251 e. The minimum atomic E-state index is -0.283. The first-order chi connectivity index (χ1) is 9.97. The van der Waals surface area contributed by atoms with E-state index in [9.17, 15) is 14.4 Å². The van der Waals surface area contributed by atoms with Gasteiger partial charge in [0.15, 0.2) is 0 Å². The predicted octanol–water partition coefficient (Wildman–Crippen LogP) is -0.0493. The van der Waals surface area contributed by atoms with Crippen LogP contribution in [-0.4, -0.2) is 48.3 Å². The molecule has 1 aliphatic rings. The van der Waals surface area contributed by atoms with E-state index in [1.165, 1.54) is 11.0 Å². The Morgan fingerprint density at radius 3 is 2.71 bits per heavy atom. The first-order valence-electron chi connectivity index (χ1n) is 6.52. The van der Waals surface area contributed by atoms with Gasteiger partial charge in [-0.25, -0.2) is 0 Å². The quantitative estimate of drug-likeness (QED) is 0.462. The van der Waals surface area contributed by atoms with Crippen molar-refractivity contribution >= 4 is 27.3 Å². The molecule has 21 heavy (non-hydrogen) atoms. The molecule has 0 saturated carbocycles. The number of rotatable bonds is 9. The second-order valence-electron chi connectivity index (χ2n) is 4.58. The van der Waals surface area contributed by atoms with Crippen molar-refractivity contribution in [2.75, 3.05) is 19.3 Å². The molecule has 0 aromatic carbocycles. The molecule has 0 aromatic heterocycles. The zero-order valence-electron chi connectivity index (χ0n) is 11.8. The van der Waals surface area contributed by atoms with Gasteiger partial charge >= 0.3 is 0 Å².